The topological polar surface area (TPSA) is 89.4 Å². The van der Waals surface area contributed by atoms with Gasteiger partial charge in [0.25, 0.3) is 11.8 Å². The summed E-state index contributed by atoms with van der Waals surface area (Å²) in [7, 11) is 0. The van der Waals surface area contributed by atoms with Crippen LogP contribution in [0.3, 0.4) is 0 Å². The smallest absolute Gasteiger partial charge is 0.253 e. The number of alkyl halides is 2. The van der Waals surface area contributed by atoms with E-state index < -0.39 is 30.5 Å². The molecule has 0 atom stereocenters. The Morgan fingerprint density at radius 2 is 1.78 bits per heavy atom. The van der Waals surface area contributed by atoms with Crippen LogP contribution in [0.25, 0.3) is 39.3 Å². The van der Waals surface area contributed by atoms with Crippen LogP contribution in [0.2, 0.25) is 5.02 Å². The van der Waals surface area contributed by atoms with Crippen LogP contribution < -0.4 is 5.73 Å². The number of carbonyl (C=O) groups is 2. The summed E-state index contributed by atoms with van der Waals surface area (Å²) in [4.78, 5) is 30.9. The Balaban J connectivity index is 1.28. The number of aryl methyl sites for hydroxylation is 1. The number of ketones is 1. The molecule has 10 heteroatoms. The van der Waals surface area contributed by atoms with E-state index in [1.54, 1.807) is 54.7 Å². The van der Waals surface area contributed by atoms with Crippen molar-refractivity contribution in [3.8, 4) is 22.3 Å². The van der Waals surface area contributed by atoms with Crippen LogP contribution in [0, 0.1) is 5.82 Å². The van der Waals surface area contributed by atoms with Gasteiger partial charge in [-0.25, -0.2) is 18.2 Å². The molecular formula is C36H29ClF3N3O3. The molecule has 1 amide bonds. The van der Waals surface area contributed by atoms with Crippen LogP contribution in [-0.2, 0) is 11.2 Å². The van der Waals surface area contributed by atoms with Crippen molar-refractivity contribution in [2.75, 3.05) is 18.8 Å². The molecule has 3 aromatic carbocycles. The number of hydrogen-bond donors (Lipinski definition) is 1. The molecule has 2 N–H and O–H groups in total. The van der Waals surface area contributed by atoms with Gasteiger partial charge in [-0.3, -0.25) is 9.59 Å². The van der Waals surface area contributed by atoms with Gasteiger partial charge in [0.05, 0.1) is 0 Å². The van der Waals surface area contributed by atoms with Crippen molar-refractivity contribution in [1.82, 2.24) is 9.88 Å². The number of aromatic nitrogens is 1. The fraction of sp³-hybridized carbons (Fsp3) is 0.194. The summed E-state index contributed by atoms with van der Waals surface area (Å²) in [5, 5.41) is 1.22. The van der Waals surface area contributed by atoms with Crippen molar-refractivity contribution in [3.05, 3.63) is 113 Å². The first-order valence-corrected chi connectivity index (χ1v) is 15.1. The number of nitrogens with two attached hydrogens (primary N) is 1. The summed E-state index contributed by atoms with van der Waals surface area (Å²) in [5.74, 6) is -3.01. The number of pyridine rings is 1. The number of likely N-dealkylation sites (tertiary alicyclic amines) is 1. The molecule has 3 heterocycles. The third kappa shape index (κ3) is 7.00. The maximum absolute atomic E-state index is 15.6. The van der Waals surface area contributed by atoms with Crippen LogP contribution in [0.5, 0.6) is 0 Å². The van der Waals surface area contributed by atoms with Gasteiger partial charge in [-0.2, -0.15) is 0 Å². The highest BCUT2D eigenvalue weighted by Crippen LogP contribution is 2.38. The van der Waals surface area contributed by atoms with Crippen molar-refractivity contribution >= 4 is 46.2 Å². The van der Waals surface area contributed by atoms with Gasteiger partial charge < -0.3 is 15.1 Å². The second-order valence-electron chi connectivity index (χ2n) is 11.3. The van der Waals surface area contributed by atoms with E-state index in [4.69, 9.17) is 21.8 Å². The van der Waals surface area contributed by atoms with Gasteiger partial charge in [0.15, 0.2) is 5.78 Å². The second-order valence-corrected chi connectivity index (χ2v) is 11.8. The minimum Gasteiger partial charge on any atom is -0.460 e. The average Bonchev–Trinajstić information content (AvgIpc) is 3.46. The summed E-state index contributed by atoms with van der Waals surface area (Å²) in [5.41, 5.74) is 9.25. The molecule has 1 saturated heterocycles. The summed E-state index contributed by atoms with van der Waals surface area (Å²) in [6, 6.07) is 20.2. The Hall–Kier alpha value is -4.89. The normalized spacial score (nSPS) is 14.7. The molecule has 5 aromatic rings. The number of furan rings is 1. The Kier molecular flexibility index (Phi) is 8.69. The minimum atomic E-state index is -2.79. The average molecular weight is 644 g/mol. The number of nitrogens with zero attached hydrogens (tertiary/aromatic N) is 2. The molecule has 46 heavy (non-hydrogen) atoms. The molecule has 1 fully saturated rings. The number of rotatable bonds is 8. The van der Waals surface area contributed by atoms with Gasteiger partial charge in [0, 0.05) is 72.1 Å². The molecule has 0 radical (unpaired) electrons. The molecule has 234 valence electrons. The number of anilines is 1. The van der Waals surface area contributed by atoms with Gasteiger partial charge in [0.2, 0.25) is 0 Å². The molecule has 2 aromatic heterocycles. The predicted molar refractivity (Wildman–Crippen MR) is 173 cm³/mol. The Morgan fingerprint density at radius 1 is 0.978 bits per heavy atom. The molecule has 1 aliphatic heterocycles. The van der Waals surface area contributed by atoms with Crippen molar-refractivity contribution in [2.45, 2.75) is 31.6 Å². The lowest BCUT2D eigenvalue weighted by molar-refractivity contribution is -0.114. The van der Waals surface area contributed by atoms with Crippen molar-refractivity contribution < 1.29 is 27.2 Å². The van der Waals surface area contributed by atoms with E-state index >= 15 is 4.39 Å². The first kappa shape index (κ1) is 31.1. The summed E-state index contributed by atoms with van der Waals surface area (Å²) in [6.45, 7) is -0.167. The standard InChI is InChI=1S/C36H29ClF3N3O3/c37-27-3-1-2-23(17-27)31-19-25(30-10-6-24(20-32(30)38)35(45)43-14-12-36(39,40)13-15-43)16-26-18-29(46-34(26)31)9-8-28(44)7-4-22-5-11-33(41)42-21-22/h1-7,10-11,16-21H,8-9,12-15H2,(H2,41,42)/b7-4+. The van der Waals surface area contributed by atoms with Gasteiger partial charge in [-0.15, -0.1) is 0 Å². The molecule has 0 saturated carbocycles. The summed E-state index contributed by atoms with van der Waals surface area (Å²) < 4.78 is 49.0. The zero-order valence-corrected chi connectivity index (χ0v) is 25.4. The highest BCUT2D eigenvalue weighted by atomic mass is 35.5. The molecule has 6 rings (SSSR count). The number of amides is 1. The molecule has 0 aliphatic carbocycles. The molecule has 0 unspecified atom stereocenters. The second kappa shape index (κ2) is 12.8. The Labute approximate surface area is 268 Å². The molecule has 1 aliphatic rings. The first-order chi connectivity index (χ1) is 22.0. The van der Waals surface area contributed by atoms with E-state index in [-0.39, 0.29) is 36.4 Å². The fourth-order valence-corrected chi connectivity index (χ4v) is 5.68. The SMILES string of the molecule is Nc1ccc(/C=C/C(=O)CCc2cc3cc(-c4ccc(C(=O)N5CCC(F)(F)CC5)cc4F)cc(-c4cccc(Cl)c4)c3o2)cn1. The molecule has 6 nitrogen and oxygen atoms in total. The first-order valence-electron chi connectivity index (χ1n) is 14.8. The third-order valence-corrected chi connectivity index (χ3v) is 8.24. The van der Waals surface area contributed by atoms with Gasteiger partial charge in [0.1, 0.15) is 23.0 Å². The maximum atomic E-state index is 15.6. The van der Waals surface area contributed by atoms with Crippen molar-refractivity contribution in [1.29, 1.82) is 0 Å². The molecule has 0 spiro atoms. The summed E-state index contributed by atoms with van der Waals surface area (Å²) in [6.07, 6.45) is 4.47. The Morgan fingerprint density at radius 3 is 2.50 bits per heavy atom. The fourth-order valence-electron chi connectivity index (χ4n) is 5.49. The number of hydrogen-bond acceptors (Lipinski definition) is 5. The van der Waals surface area contributed by atoms with Crippen LogP contribution in [-0.4, -0.2) is 40.6 Å². The number of carbonyl (C=O) groups excluding carboxylic acids is 2. The number of allylic oxidation sites excluding steroid dienone is 1. The highest BCUT2D eigenvalue weighted by molar-refractivity contribution is 6.30. The quantitative estimate of drug-likeness (QED) is 0.171. The van der Waals surface area contributed by atoms with E-state index in [1.165, 1.54) is 23.1 Å². The third-order valence-electron chi connectivity index (χ3n) is 8.00. The summed E-state index contributed by atoms with van der Waals surface area (Å²) >= 11 is 6.30. The minimum absolute atomic E-state index is 0.0837. The zero-order chi connectivity index (χ0) is 32.4. The van der Waals surface area contributed by atoms with Crippen molar-refractivity contribution in [3.63, 3.8) is 0 Å². The predicted octanol–water partition coefficient (Wildman–Crippen LogP) is 8.62. The van der Waals surface area contributed by atoms with Gasteiger partial charge in [-0.05, 0) is 83.4 Å². The maximum Gasteiger partial charge on any atom is 0.253 e. The zero-order valence-electron chi connectivity index (χ0n) is 24.6. The van der Waals surface area contributed by atoms with Crippen LogP contribution in [0.4, 0.5) is 19.0 Å². The molecule has 0 bridgehead atoms. The largest absolute Gasteiger partial charge is 0.460 e. The van der Waals surface area contributed by atoms with Crippen molar-refractivity contribution in [2.24, 2.45) is 0 Å². The number of nitrogen functional groups attached to an aromatic ring is 1. The molecular weight excluding hydrogens is 615 g/mol. The highest BCUT2D eigenvalue weighted by Gasteiger charge is 2.36. The van der Waals surface area contributed by atoms with Crippen LogP contribution >= 0.6 is 11.6 Å². The number of piperidine rings is 1. The van der Waals surface area contributed by atoms with E-state index in [0.29, 0.717) is 45.1 Å². The van der Waals surface area contributed by atoms with Gasteiger partial charge in [-0.1, -0.05) is 29.8 Å². The van der Waals surface area contributed by atoms with E-state index in [1.807, 2.05) is 12.1 Å². The Bertz CT molecular complexity index is 1960. The lowest BCUT2D eigenvalue weighted by atomic mass is 9.95. The number of fused-ring (bicyclic) bond motifs is 1. The van der Waals surface area contributed by atoms with E-state index in [2.05, 4.69) is 4.98 Å². The number of benzene rings is 3. The monoisotopic (exact) mass is 643 g/mol. The van der Waals surface area contributed by atoms with Crippen LogP contribution in [0.1, 0.15) is 40.9 Å². The van der Waals surface area contributed by atoms with E-state index in [9.17, 15) is 18.4 Å². The lowest BCUT2D eigenvalue weighted by Crippen LogP contribution is -2.42. The van der Waals surface area contributed by atoms with Crippen LogP contribution in [0.15, 0.2) is 89.5 Å². The lowest BCUT2D eigenvalue weighted by Gasteiger charge is -2.31. The van der Waals surface area contributed by atoms with Gasteiger partial charge >= 0.3 is 0 Å². The number of halogens is 4. The van der Waals surface area contributed by atoms with E-state index in [0.717, 1.165) is 17.2 Å².